The maximum atomic E-state index is 14.0. The van der Waals surface area contributed by atoms with E-state index in [9.17, 15) is 54.6 Å². The van der Waals surface area contributed by atoms with E-state index in [1.807, 2.05) is 0 Å². The second kappa shape index (κ2) is 17.5. The van der Waals surface area contributed by atoms with E-state index in [0.717, 1.165) is 27.0 Å². The Balaban J connectivity index is 2.12. The predicted octanol–water partition coefficient (Wildman–Crippen LogP) is 2.79. The van der Waals surface area contributed by atoms with E-state index in [-0.39, 0.29) is 61.9 Å². The van der Waals surface area contributed by atoms with Crippen molar-refractivity contribution in [1.29, 1.82) is 0 Å². The van der Waals surface area contributed by atoms with Crippen molar-refractivity contribution >= 4 is 40.9 Å². The Bertz CT molecular complexity index is 2090. The van der Waals surface area contributed by atoms with E-state index in [4.69, 9.17) is 23.7 Å². The van der Waals surface area contributed by atoms with Crippen LogP contribution in [0.2, 0.25) is 0 Å². The molecule has 1 aliphatic carbocycles. The van der Waals surface area contributed by atoms with Crippen LogP contribution in [0.15, 0.2) is 52.5 Å². The number of carbonyl (C=O) groups is 5. The van der Waals surface area contributed by atoms with Crippen molar-refractivity contribution in [2.45, 2.75) is 105 Å². The number of anilines is 1. The third-order valence-corrected chi connectivity index (χ3v) is 10.9. The molecule has 0 radical (unpaired) electrons. The summed E-state index contributed by atoms with van der Waals surface area (Å²) in [6.45, 7) is 12.5. The van der Waals surface area contributed by atoms with Crippen LogP contribution in [0.3, 0.4) is 0 Å². The molecule has 5 rings (SSSR count). The number of aromatic hydroxyl groups is 1. The number of aliphatic hydroxyl groups excluding tert-OH is 3. The Labute approximate surface area is 341 Å². The van der Waals surface area contributed by atoms with Gasteiger partial charge in [0.2, 0.25) is 6.79 Å². The van der Waals surface area contributed by atoms with Crippen LogP contribution in [-0.4, -0.2) is 110 Å². The largest absolute Gasteiger partial charge is 0.505 e. The lowest BCUT2D eigenvalue weighted by atomic mass is 9.74. The first-order chi connectivity index (χ1) is 27.3. The second-order valence-electron chi connectivity index (χ2n) is 15.6. The zero-order valence-electron chi connectivity index (χ0n) is 34.8. The third-order valence-electron chi connectivity index (χ3n) is 10.9. The summed E-state index contributed by atoms with van der Waals surface area (Å²) in [5.74, 6) is -9.89. The quantitative estimate of drug-likeness (QED) is 0.131. The minimum atomic E-state index is -2.26. The van der Waals surface area contributed by atoms with Crippen molar-refractivity contribution in [1.82, 2.24) is 0 Å². The first kappa shape index (κ1) is 46.4. The van der Waals surface area contributed by atoms with Gasteiger partial charge in [-0.3, -0.25) is 24.0 Å². The molecule has 4 bridgehead atoms. The van der Waals surface area contributed by atoms with Crippen LogP contribution < -0.4 is 10.1 Å². The minimum Gasteiger partial charge on any atom is -0.505 e. The van der Waals surface area contributed by atoms with E-state index < -0.39 is 95.5 Å². The van der Waals surface area contributed by atoms with Crippen LogP contribution in [0.4, 0.5) is 5.69 Å². The third kappa shape index (κ3) is 8.99. The number of allylic oxidation sites excluding steroid dienone is 5. The number of carbonyl (C=O) groups excluding carboxylic acids is 5. The van der Waals surface area contributed by atoms with Crippen LogP contribution in [-0.2, 0) is 38.1 Å². The number of esters is 3. The zero-order chi connectivity index (χ0) is 44.6. The number of ketones is 1. The fourth-order valence-electron chi connectivity index (χ4n) is 7.66. The highest BCUT2D eigenvalue weighted by Crippen LogP contribution is 2.53. The van der Waals surface area contributed by atoms with E-state index in [1.54, 1.807) is 0 Å². The van der Waals surface area contributed by atoms with Crippen LogP contribution in [0.25, 0.3) is 5.57 Å². The lowest BCUT2D eigenvalue weighted by Gasteiger charge is -2.41. The Hall–Kier alpha value is -5.33. The summed E-state index contributed by atoms with van der Waals surface area (Å²) in [5, 5.41) is 72.5. The molecule has 0 fully saturated rings. The summed E-state index contributed by atoms with van der Waals surface area (Å²) in [6.07, 6.45) is -2.49. The molecule has 3 aliphatic heterocycles. The van der Waals surface area contributed by atoms with Crippen molar-refractivity contribution in [3.05, 3.63) is 69.2 Å². The van der Waals surface area contributed by atoms with E-state index in [1.165, 1.54) is 73.6 Å². The lowest BCUT2D eigenvalue weighted by molar-refractivity contribution is -0.183. The molecule has 9 atom stereocenters. The van der Waals surface area contributed by atoms with Crippen molar-refractivity contribution in [2.75, 3.05) is 19.2 Å². The maximum Gasteiger partial charge on any atom is 0.315 e. The van der Waals surface area contributed by atoms with Crippen molar-refractivity contribution < 1.29 is 78.3 Å². The van der Waals surface area contributed by atoms with Crippen molar-refractivity contribution in [3.63, 3.8) is 0 Å². The Kier molecular flexibility index (Phi) is 13.7. The fourth-order valence-corrected chi connectivity index (χ4v) is 7.66. The summed E-state index contributed by atoms with van der Waals surface area (Å²) in [5.41, 5.74) is -5.03. The molecule has 1 aromatic rings. The summed E-state index contributed by atoms with van der Waals surface area (Å²) >= 11 is 0. The van der Waals surface area contributed by atoms with Gasteiger partial charge >= 0.3 is 17.9 Å². The van der Waals surface area contributed by atoms with Gasteiger partial charge in [0.25, 0.3) is 5.91 Å². The molecule has 17 heteroatoms. The van der Waals surface area contributed by atoms with Gasteiger partial charge in [-0.15, -0.1) is 0 Å². The molecule has 1 amide bonds. The van der Waals surface area contributed by atoms with Gasteiger partial charge in [-0.25, -0.2) is 0 Å². The molecule has 0 saturated heterocycles. The molecule has 1 aromatic carbocycles. The monoisotopic (exact) mass is 827 g/mol. The van der Waals surface area contributed by atoms with E-state index in [2.05, 4.69) is 5.32 Å². The first-order valence-electron chi connectivity index (χ1n) is 18.8. The number of hydrogen-bond acceptors (Lipinski definition) is 16. The minimum absolute atomic E-state index is 0.00133. The number of phenols is 1. The number of phenolic OH excluding ortho intramolecular Hbond substituents is 1. The molecule has 4 aliphatic rings. The highest BCUT2D eigenvalue weighted by molar-refractivity contribution is 6.21. The number of benzene rings is 1. The van der Waals surface area contributed by atoms with Crippen LogP contribution in [0.5, 0.6) is 11.5 Å². The van der Waals surface area contributed by atoms with Gasteiger partial charge in [-0.1, -0.05) is 32.1 Å². The fraction of sp³-hybridized carbons (Fsp3) is 0.500. The number of fused-ring (bicyclic) bond motifs is 14. The normalized spacial score (nSPS) is 30.7. The average Bonchev–Trinajstić information content (AvgIpc) is 3.16. The smallest absolute Gasteiger partial charge is 0.315 e. The number of hydrogen-bond donors (Lipinski definition) is 7. The molecule has 0 saturated carbocycles. The van der Waals surface area contributed by atoms with Crippen LogP contribution >= 0.6 is 0 Å². The van der Waals surface area contributed by atoms with Gasteiger partial charge in [-0.05, 0) is 53.2 Å². The number of amides is 1. The molecular weight excluding hydrogens is 774 g/mol. The summed E-state index contributed by atoms with van der Waals surface area (Å²) in [7, 11) is 1.01. The van der Waals surface area contributed by atoms with E-state index in [0.29, 0.717) is 0 Å². The van der Waals surface area contributed by atoms with Crippen LogP contribution in [0.1, 0.15) is 83.8 Å². The standard InChI is InChI=1S/C42H53NO16/c1-17-13-12-14-41(9,53)37(49)21(5)31(47)28(40(52)55-11)36(59-24(8)45)22(6)38(50)42(10,54)15-18(2)33-27-25-26(30(46)20(4)34(27)57-16-56-33)32(48)29(43-39(17)51)19(3)35(25)58-23(7)44/h12-15,21-22,28,31,36-38,47-50,53-54H,16H2,1-11H3,(H,43,51)/t21-,22-,28+,31+,36-,37-,38+,41+,42-/m0/s1. The highest BCUT2D eigenvalue weighted by atomic mass is 16.7. The van der Waals surface area contributed by atoms with Crippen molar-refractivity contribution in [3.8, 4) is 11.5 Å². The molecule has 7 N–H and O–H groups in total. The van der Waals surface area contributed by atoms with Gasteiger partial charge in [0.15, 0.2) is 11.5 Å². The predicted molar refractivity (Wildman–Crippen MR) is 209 cm³/mol. The molecule has 3 heterocycles. The summed E-state index contributed by atoms with van der Waals surface area (Å²) < 4.78 is 27.9. The molecule has 0 unspecified atom stereocenters. The van der Waals surface area contributed by atoms with Crippen molar-refractivity contribution in [2.24, 2.45) is 17.8 Å². The molecular formula is C42H53NO16. The van der Waals surface area contributed by atoms with Gasteiger partial charge in [-0.2, -0.15) is 0 Å². The Morgan fingerprint density at radius 1 is 0.864 bits per heavy atom. The molecule has 17 nitrogen and oxygen atoms in total. The molecule has 0 spiro atoms. The topological polar surface area (TPSA) is 265 Å². The molecule has 322 valence electrons. The van der Waals surface area contributed by atoms with Gasteiger partial charge < -0.3 is 59.6 Å². The van der Waals surface area contributed by atoms with Crippen LogP contribution in [0, 0.1) is 24.7 Å². The molecule has 0 aromatic heterocycles. The number of ether oxygens (including phenoxy) is 5. The second-order valence-corrected chi connectivity index (χ2v) is 15.6. The summed E-state index contributed by atoms with van der Waals surface area (Å²) in [6, 6.07) is 0. The van der Waals surface area contributed by atoms with Gasteiger partial charge in [0, 0.05) is 48.0 Å². The number of Topliss-reactive ketones (excluding diaryl/α,β-unsaturated/α-hetero) is 1. The number of methoxy groups -OCH3 is 1. The number of nitrogens with one attached hydrogen (secondary N) is 1. The Morgan fingerprint density at radius 2 is 1.46 bits per heavy atom. The van der Waals surface area contributed by atoms with E-state index >= 15 is 0 Å². The van der Waals surface area contributed by atoms with Gasteiger partial charge in [0.1, 0.15) is 40.5 Å². The highest BCUT2D eigenvalue weighted by Gasteiger charge is 2.50. The first-order valence-corrected chi connectivity index (χ1v) is 18.8. The maximum absolute atomic E-state index is 14.0. The van der Waals surface area contributed by atoms with Gasteiger partial charge in [0.05, 0.1) is 42.2 Å². The number of aliphatic hydroxyl groups is 5. The summed E-state index contributed by atoms with van der Waals surface area (Å²) in [4.78, 5) is 66.1. The zero-order valence-corrected chi connectivity index (χ0v) is 34.8. The Morgan fingerprint density at radius 3 is 2.03 bits per heavy atom. The SMILES string of the molecule is COC(=O)[C@@H]1[C@H](O)[C@H](C)[C@H](O)[C@](C)(O)C=CC=C(C)C(=O)Nc2c(C)c(OC(C)=O)c3c(c2O)C(=O)C(C)=C2OCOC(=C23)C(C)=C[C@](C)(O)[C@H](O)[C@@H](C)[C@@H]1OC(C)=O. The average molecular weight is 828 g/mol. The molecule has 59 heavy (non-hydrogen) atoms. The number of rotatable bonds is 3. The lowest BCUT2D eigenvalue weighted by Crippen LogP contribution is -2.55.